The van der Waals surface area contributed by atoms with Crippen molar-refractivity contribution in [3.8, 4) is 0 Å². The van der Waals surface area contributed by atoms with E-state index in [1.165, 1.54) is 0 Å². The molecule has 23 heavy (non-hydrogen) atoms. The number of aromatic amines is 1. The molecule has 2 aromatic heterocycles. The normalized spacial score (nSPS) is 10.9. The summed E-state index contributed by atoms with van der Waals surface area (Å²) in [5, 5.41) is 0. The zero-order valence-electron chi connectivity index (χ0n) is 13.1. The largest absolute Gasteiger partial charge is 0.349 e. The molecule has 0 unspecified atom stereocenters. The van der Waals surface area contributed by atoms with Crippen LogP contribution in [0.15, 0.2) is 47.4 Å². The zero-order valence-corrected chi connectivity index (χ0v) is 13.1. The lowest BCUT2D eigenvalue weighted by Crippen LogP contribution is -2.23. The van der Waals surface area contributed by atoms with Crippen LogP contribution < -0.4 is 5.69 Å². The molecule has 0 aliphatic rings. The molecule has 0 aliphatic carbocycles. The first kappa shape index (κ1) is 15.0. The second-order valence-electron chi connectivity index (χ2n) is 5.66. The van der Waals surface area contributed by atoms with Crippen LogP contribution in [-0.2, 0) is 17.8 Å². The Hall–Kier alpha value is -2.89. The van der Waals surface area contributed by atoms with Crippen molar-refractivity contribution in [3.63, 3.8) is 0 Å². The number of fused-ring (bicyclic) bond motifs is 1. The lowest BCUT2D eigenvalue weighted by Gasteiger charge is -2.10. The monoisotopic (exact) mass is 310 g/mol. The third kappa shape index (κ3) is 3.15. The van der Waals surface area contributed by atoms with Gasteiger partial charge in [0.2, 0.25) is 5.91 Å². The van der Waals surface area contributed by atoms with E-state index in [1.807, 2.05) is 36.4 Å². The summed E-state index contributed by atoms with van der Waals surface area (Å²) >= 11 is 0. The fourth-order valence-electron chi connectivity index (χ4n) is 2.41. The predicted molar refractivity (Wildman–Crippen MR) is 88.3 cm³/mol. The lowest BCUT2D eigenvalue weighted by atomic mass is 10.2. The molecule has 0 saturated carbocycles. The third-order valence-electron chi connectivity index (χ3n) is 3.74. The van der Waals surface area contributed by atoms with Gasteiger partial charge in [0.15, 0.2) is 0 Å². The number of aromatic nitrogens is 3. The molecule has 0 bridgehead atoms. The maximum atomic E-state index is 12.1. The second-order valence-corrected chi connectivity index (χ2v) is 5.66. The summed E-state index contributed by atoms with van der Waals surface area (Å²) in [5.74, 6) is 0.0346. The second kappa shape index (κ2) is 6.08. The topological polar surface area (TPSA) is 71.0 Å². The van der Waals surface area contributed by atoms with Gasteiger partial charge in [0.25, 0.3) is 0 Å². The summed E-state index contributed by atoms with van der Waals surface area (Å²) in [6.07, 6.45) is 2.02. The van der Waals surface area contributed by atoms with E-state index >= 15 is 0 Å². The van der Waals surface area contributed by atoms with E-state index in [4.69, 9.17) is 0 Å². The predicted octanol–water partition coefficient (Wildman–Crippen LogP) is 1.40. The SMILES string of the molecule is CN(C)C(=O)Cc1ccc(Cn2c(=O)[nH]c3ccccc32)nc1. The summed E-state index contributed by atoms with van der Waals surface area (Å²) in [6.45, 7) is 0.394. The highest BCUT2D eigenvalue weighted by atomic mass is 16.2. The lowest BCUT2D eigenvalue weighted by molar-refractivity contribution is -0.127. The summed E-state index contributed by atoms with van der Waals surface area (Å²) in [6, 6.07) is 11.3. The van der Waals surface area contributed by atoms with Crippen molar-refractivity contribution < 1.29 is 4.79 Å². The molecule has 0 saturated heterocycles. The molecule has 118 valence electrons. The van der Waals surface area contributed by atoms with Crippen molar-refractivity contribution in [1.29, 1.82) is 0 Å². The first-order valence-corrected chi connectivity index (χ1v) is 7.36. The van der Waals surface area contributed by atoms with E-state index in [9.17, 15) is 9.59 Å². The number of amides is 1. The standard InChI is InChI=1S/C17H18N4O2/c1-20(2)16(22)9-12-7-8-13(18-10-12)11-21-15-6-4-3-5-14(15)19-17(21)23/h3-8,10H,9,11H2,1-2H3,(H,19,23). The van der Waals surface area contributed by atoms with Crippen molar-refractivity contribution >= 4 is 16.9 Å². The van der Waals surface area contributed by atoms with Gasteiger partial charge in [0.1, 0.15) is 0 Å². The maximum Gasteiger partial charge on any atom is 0.326 e. The van der Waals surface area contributed by atoms with Gasteiger partial charge in [-0.25, -0.2) is 4.79 Å². The number of carbonyl (C=O) groups excluding carboxylic acids is 1. The average molecular weight is 310 g/mol. The van der Waals surface area contributed by atoms with Crippen LogP contribution in [0.25, 0.3) is 11.0 Å². The Morgan fingerprint density at radius 3 is 2.70 bits per heavy atom. The third-order valence-corrected chi connectivity index (χ3v) is 3.74. The smallest absolute Gasteiger partial charge is 0.326 e. The average Bonchev–Trinajstić information content (AvgIpc) is 2.85. The van der Waals surface area contributed by atoms with Gasteiger partial charge in [0, 0.05) is 20.3 Å². The van der Waals surface area contributed by atoms with Crippen molar-refractivity contribution in [3.05, 3.63) is 64.3 Å². The molecule has 6 nitrogen and oxygen atoms in total. The highest BCUT2D eigenvalue weighted by Crippen LogP contribution is 2.11. The van der Waals surface area contributed by atoms with Gasteiger partial charge in [-0.3, -0.25) is 14.3 Å². The summed E-state index contributed by atoms with van der Waals surface area (Å²) in [5.41, 5.74) is 3.15. The van der Waals surface area contributed by atoms with E-state index in [0.717, 1.165) is 22.3 Å². The fraction of sp³-hybridized carbons (Fsp3) is 0.235. The van der Waals surface area contributed by atoms with E-state index in [0.29, 0.717) is 13.0 Å². The highest BCUT2D eigenvalue weighted by Gasteiger charge is 2.09. The number of rotatable bonds is 4. The molecule has 1 amide bonds. The van der Waals surface area contributed by atoms with Crippen LogP contribution in [0.4, 0.5) is 0 Å². The zero-order chi connectivity index (χ0) is 16.4. The molecule has 2 heterocycles. The molecule has 0 aliphatic heterocycles. The Kier molecular flexibility index (Phi) is 3.97. The summed E-state index contributed by atoms with van der Waals surface area (Å²) < 4.78 is 1.66. The molecule has 3 rings (SSSR count). The summed E-state index contributed by atoms with van der Waals surface area (Å²) in [7, 11) is 3.46. The number of likely N-dealkylation sites (N-methyl/N-ethyl adjacent to an activating group) is 1. The Morgan fingerprint density at radius 2 is 2.00 bits per heavy atom. The van der Waals surface area contributed by atoms with Crippen LogP contribution in [-0.4, -0.2) is 39.4 Å². The minimum atomic E-state index is -0.153. The molecule has 0 radical (unpaired) electrons. The number of hydrogen-bond acceptors (Lipinski definition) is 3. The number of pyridine rings is 1. The molecule has 6 heteroatoms. The van der Waals surface area contributed by atoms with Crippen LogP contribution in [0.1, 0.15) is 11.3 Å². The number of hydrogen-bond donors (Lipinski definition) is 1. The van der Waals surface area contributed by atoms with Gasteiger partial charge in [0.05, 0.1) is 29.7 Å². The van der Waals surface area contributed by atoms with Crippen LogP contribution in [0.5, 0.6) is 0 Å². The van der Waals surface area contributed by atoms with Crippen molar-refractivity contribution in [2.75, 3.05) is 14.1 Å². The highest BCUT2D eigenvalue weighted by molar-refractivity contribution is 5.78. The minimum absolute atomic E-state index is 0.0346. The number of nitrogens with one attached hydrogen (secondary N) is 1. The first-order chi connectivity index (χ1) is 11.0. The van der Waals surface area contributed by atoms with Crippen molar-refractivity contribution in [1.82, 2.24) is 19.4 Å². The number of para-hydroxylation sites is 2. The van der Waals surface area contributed by atoms with E-state index in [2.05, 4.69) is 9.97 Å². The fourth-order valence-corrected chi connectivity index (χ4v) is 2.41. The molecule has 1 N–H and O–H groups in total. The van der Waals surface area contributed by atoms with Crippen molar-refractivity contribution in [2.45, 2.75) is 13.0 Å². The molecule has 1 aromatic carbocycles. The maximum absolute atomic E-state index is 12.1. The molecular formula is C17H18N4O2. The van der Waals surface area contributed by atoms with Gasteiger partial charge in [-0.2, -0.15) is 0 Å². The Bertz CT molecular complexity index is 891. The van der Waals surface area contributed by atoms with Gasteiger partial charge in [-0.15, -0.1) is 0 Å². The molecule has 0 atom stereocenters. The van der Waals surface area contributed by atoms with Crippen LogP contribution in [0, 0.1) is 0 Å². The van der Waals surface area contributed by atoms with Crippen LogP contribution in [0.2, 0.25) is 0 Å². The number of imidazole rings is 1. The Morgan fingerprint density at radius 1 is 1.22 bits per heavy atom. The Labute approximate surface area is 133 Å². The van der Waals surface area contributed by atoms with E-state index in [-0.39, 0.29) is 11.6 Å². The summed E-state index contributed by atoms with van der Waals surface area (Å²) in [4.78, 5) is 32.5. The quantitative estimate of drug-likeness (QED) is 0.792. The van der Waals surface area contributed by atoms with Crippen molar-refractivity contribution in [2.24, 2.45) is 0 Å². The van der Waals surface area contributed by atoms with Gasteiger partial charge >= 0.3 is 5.69 Å². The number of carbonyl (C=O) groups is 1. The molecule has 0 fully saturated rings. The molecular weight excluding hydrogens is 292 g/mol. The molecule has 3 aromatic rings. The Balaban J connectivity index is 1.82. The number of H-pyrrole nitrogens is 1. The van der Waals surface area contributed by atoms with E-state index in [1.54, 1.807) is 29.8 Å². The first-order valence-electron chi connectivity index (χ1n) is 7.36. The number of benzene rings is 1. The molecule has 0 spiro atoms. The van der Waals surface area contributed by atoms with Crippen LogP contribution >= 0.6 is 0 Å². The van der Waals surface area contributed by atoms with Gasteiger partial charge < -0.3 is 9.88 Å². The van der Waals surface area contributed by atoms with Gasteiger partial charge in [-0.05, 0) is 23.8 Å². The van der Waals surface area contributed by atoms with Gasteiger partial charge in [-0.1, -0.05) is 18.2 Å². The number of nitrogens with zero attached hydrogens (tertiary/aromatic N) is 3. The van der Waals surface area contributed by atoms with Crippen LogP contribution in [0.3, 0.4) is 0 Å². The van der Waals surface area contributed by atoms with E-state index < -0.39 is 0 Å². The minimum Gasteiger partial charge on any atom is -0.349 e.